The lowest BCUT2D eigenvalue weighted by Crippen LogP contribution is -2.32. The highest BCUT2D eigenvalue weighted by molar-refractivity contribution is 7.90. The molecular weight excluding hydrogens is 458 g/mol. The van der Waals surface area contributed by atoms with E-state index in [9.17, 15) is 13.2 Å². The van der Waals surface area contributed by atoms with Crippen molar-refractivity contribution >= 4 is 42.4 Å². The molecule has 9 heteroatoms. The summed E-state index contributed by atoms with van der Waals surface area (Å²) in [5.74, 6) is 0.0736. The van der Waals surface area contributed by atoms with E-state index in [0.29, 0.717) is 16.4 Å². The molecule has 33 heavy (non-hydrogen) atoms. The fourth-order valence-corrected chi connectivity index (χ4v) is 5.69. The average molecular weight is 482 g/mol. The molecule has 0 saturated heterocycles. The molecule has 0 aliphatic carbocycles. The molecule has 4 rings (SSSR count). The highest BCUT2D eigenvalue weighted by atomic mass is 32.2. The standard InChI is InChI=1S/C24H23N3O4S2/c1-31-20-9-10-21-22(14-20)32-24(26-21)27(16-19-8-5-12-25-15-19)23(28)11-13-33(29,30)17-18-6-3-2-4-7-18/h2-10,12,14-15H,11,13,16-17H2,1H3. The Bertz CT molecular complexity index is 1340. The van der Waals surface area contributed by atoms with E-state index in [1.165, 1.54) is 16.2 Å². The van der Waals surface area contributed by atoms with Crippen LogP contribution in [0, 0.1) is 0 Å². The van der Waals surface area contributed by atoms with Crippen LogP contribution in [0.5, 0.6) is 5.75 Å². The van der Waals surface area contributed by atoms with Crippen molar-refractivity contribution in [1.29, 1.82) is 0 Å². The molecule has 0 bridgehead atoms. The SMILES string of the molecule is COc1ccc2nc(N(Cc3cccnc3)C(=O)CCS(=O)(=O)Cc3ccccc3)sc2c1. The zero-order valence-electron chi connectivity index (χ0n) is 18.0. The lowest BCUT2D eigenvalue weighted by atomic mass is 10.2. The second-order valence-corrected chi connectivity index (χ2v) is 10.7. The van der Waals surface area contributed by atoms with E-state index in [1.54, 1.807) is 49.8 Å². The number of rotatable bonds is 9. The number of carbonyl (C=O) groups excluding carboxylic acids is 1. The van der Waals surface area contributed by atoms with Gasteiger partial charge >= 0.3 is 0 Å². The number of fused-ring (bicyclic) bond motifs is 1. The van der Waals surface area contributed by atoms with Gasteiger partial charge in [0.05, 0.1) is 35.4 Å². The van der Waals surface area contributed by atoms with Crippen LogP contribution < -0.4 is 9.64 Å². The molecule has 2 aromatic carbocycles. The summed E-state index contributed by atoms with van der Waals surface area (Å²) in [6, 6.07) is 18.2. The summed E-state index contributed by atoms with van der Waals surface area (Å²) in [4.78, 5) is 23.5. The first kappa shape index (κ1) is 22.9. The number of carbonyl (C=O) groups is 1. The fourth-order valence-electron chi connectivity index (χ4n) is 3.35. The third kappa shape index (κ3) is 5.94. The van der Waals surface area contributed by atoms with Gasteiger partial charge in [-0.25, -0.2) is 13.4 Å². The minimum atomic E-state index is -3.45. The van der Waals surface area contributed by atoms with Gasteiger partial charge in [0.2, 0.25) is 5.91 Å². The maximum Gasteiger partial charge on any atom is 0.230 e. The van der Waals surface area contributed by atoms with Gasteiger partial charge in [0.15, 0.2) is 15.0 Å². The molecule has 2 aromatic heterocycles. The van der Waals surface area contributed by atoms with Crippen molar-refractivity contribution in [3.8, 4) is 5.75 Å². The van der Waals surface area contributed by atoms with Gasteiger partial charge in [0, 0.05) is 18.8 Å². The molecule has 1 amide bonds. The number of ether oxygens (including phenoxy) is 1. The topological polar surface area (TPSA) is 89.5 Å². The van der Waals surface area contributed by atoms with Gasteiger partial charge in [-0.3, -0.25) is 14.7 Å². The summed E-state index contributed by atoms with van der Waals surface area (Å²) in [7, 11) is -1.85. The number of amides is 1. The summed E-state index contributed by atoms with van der Waals surface area (Å²) in [5, 5.41) is 0.507. The predicted molar refractivity (Wildman–Crippen MR) is 130 cm³/mol. The van der Waals surface area contributed by atoms with E-state index in [2.05, 4.69) is 9.97 Å². The van der Waals surface area contributed by atoms with E-state index in [4.69, 9.17) is 4.74 Å². The number of thiazole rings is 1. The minimum Gasteiger partial charge on any atom is -0.497 e. The van der Waals surface area contributed by atoms with Crippen LogP contribution in [-0.4, -0.2) is 37.2 Å². The number of aromatic nitrogens is 2. The van der Waals surface area contributed by atoms with Crippen molar-refractivity contribution < 1.29 is 17.9 Å². The number of methoxy groups -OCH3 is 1. The zero-order valence-corrected chi connectivity index (χ0v) is 19.7. The first-order valence-corrected chi connectivity index (χ1v) is 13.0. The van der Waals surface area contributed by atoms with Gasteiger partial charge in [0.25, 0.3) is 0 Å². The van der Waals surface area contributed by atoms with Crippen LogP contribution in [-0.2, 0) is 26.9 Å². The summed E-state index contributed by atoms with van der Waals surface area (Å²) < 4.78 is 31.4. The van der Waals surface area contributed by atoms with E-state index in [1.807, 2.05) is 30.3 Å². The monoisotopic (exact) mass is 481 g/mol. The lowest BCUT2D eigenvalue weighted by Gasteiger charge is -2.20. The van der Waals surface area contributed by atoms with Crippen LogP contribution in [0.15, 0.2) is 73.1 Å². The Labute approximate surface area is 196 Å². The summed E-state index contributed by atoms with van der Waals surface area (Å²) in [6.45, 7) is 0.252. The molecule has 0 spiro atoms. The molecule has 0 atom stereocenters. The van der Waals surface area contributed by atoms with Crippen molar-refractivity contribution in [3.63, 3.8) is 0 Å². The minimum absolute atomic E-state index is 0.0926. The van der Waals surface area contributed by atoms with Crippen molar-refractivity contribution in [2.24, 2.45) is 0 Å². The van der Waals surface area contributed by atoms with Crippen LogP contribution in [0.1, 0.15) is 17.5 Å². The van der Waals surface area contributed by atoms with E-state index >= 15 is 0 Å². The van der Waals surface area contributed by atoms with Gasteiger partial charge < -0.3 is 4.74 Å². The molecule has 170 valence electrons. The Hall–Kier alpha value is -3.30. The maximum absolute atomic E-state index is 13.2. The smallest absolute Gasteiger partial charge is 0.230 e. The van der Waals surface area contributed by atoms with Gasteiger partial charge in [-0.2, -0.15) is 0 Å². The fraction of sp³-hybridized carbons (Fsp3) is 0.208. The Kier molecular flexibility index (Phi) is 7.00. The molecule has 0 aliphatic rings. The summed E-state index contributed by atoms with van der Waals surface area (Å²) >= 11 is 1.36. The highest BCUT2D eigenvalue weighted by Crippen LogP contribution is 2.32. The Morgan fingerprint density at radius 3 is 2.58 bits per heavy atom. The number of nitrogens with zero attached hydrogens (tertiary/aromatic N) is 3. The first-order valence-electron chi connectivity index (χ1n) is 10.3. The third-order valence-electron chi connectivity index (χ3n) is 5.04. The van der Waals surface area contributed by atoms with Crippen LogP contribution >= 0.6 is 11.3 Å². The van der Waals surface area contributed by atoms with E-state index < -0.39 is 9.84 Å². The first-order chi connectivity index (χ1) is 15.9. The zero-order chi connectivity index (χ0) is 23.3. The second kappa shape index (κ2) is 10.1. The van der Waals surface area contributed by atoms with E-state index in [0.717, 1.165) is 15.8 Å². The Balaban J connectivity index is 1.56. The number of pyridine rings is 1. The molecule has 2 heterocycles. The number of benzene rings is 2. The van der Waals surface area contributed by atoms with Crippen molar-refractivity contribution in [1.82, 2.24) is 9.97 Å². The molecule has 0 saturated carbocycles. The second-order valence-electron chi connectivity index (χ2n) is 7.50. The van der Waals surface area contributed by atoms with Crippen molar-refractivity contribution in [2.45, 2.75) is 18.7 Å². The highest BCUT2D eigenvalue weighted by Gasteiger charge is 2.23. The molecule has 7 nitrogen and oxygen atoms in total. The number of sulfone groups is 1. The molecule has 0 unspecified atom stereocenters. The maximum atomic E-state index is 13.2. The molecule has 0 radical (unpaired) electrons. The van der Waals surface area contributed by atoms with Crippen molar-refractivity contribution in [3.05, 3.63) is 84.2 Å². The van der Waals surface area contributed by atoms with Crippen LogP contribution in [0.3, 0.4) is 0 Å². The average Bonchev–Trinajstić information content (AvgIpc) is 3.25. The van der Waals surface area contributed by atoms with Gasteiger partial charge in [0.1, 0.15) is 5.75 Å². The molecule has 0 fully saturated rings. The lowest BCUT2D eigenvalue weighted by molar-refractivity contribution is -0.118. The largest absolute Gasteiger partial charge is 0.497 e. The van der Waals surface area contributed by atoms with Crippen LogP contribution in [0.4, 0.5) is 5.13 Å². The van der Waals surface area contributed by atoms with E-state index in [-0.39, 0.29) is 30.4 Å². The predicted octanol–water partition coefficient (Wildman–Crippen LogP) is 4.24. The van der Waals surface area contributed by atoms with Gasteiger partial charge in [-0.1, -0.05) is 47.7 Å². The number of hydrogen-bond acceptors (Lipinski definition) is 7. The Morgan fingerprint density at radius 2 is 1.85 bits per heavy atom. The van der Waals surface area contributed by atoms with Gasteiger partial charge in [-0.05, 0) is 35.4 Å². The van der Waals surface area contributed by atoms with Gasteiger partial charge in [-0.15, -0.1) is 0 Å². The Morgan fingerprint density at radius 1 is 1.06 bits per heavy atom. The third-order valence-corrected chi connectivity index (χ3v) is 7.68. The normalized spacial score (nSPS) is 11.4. The summed E-state index contributed by atoms with van der Waals surface area (Å²) in [6.07, 6.45) is 3.22. The van der Waals surface area contributed by atoms with Crippen molar-refractivity contribution in [2.75, 3.05) is 17.8 Å². The van der Waals surface area contributed by atoms with Crippen LogP contribution in [0.25, 0.3) is 10.2 Å². The number of anilines is 1. The molecule has 4 aromatic rings. The molecule has 0 N–H and O–H groups in total. The van der Waals surface area contributed by atoms with Crippen LogP contribution in [0.2, 0.25) is 0 Å². The summed E-state index contributed by atoms with van der Waals surface area (Å²) in [5.41, 5.74) is 2.28. The molecule has 0 aliphatic heterocycles. The molecular formula is C24H23N3O4S2. The number of hydrogen-bond donors (Lipinski definition) is 0. The quantitative estimate of drug-likeness (QED) is 0.355.